The van der Waals surface area contributed by atoms with Gasteiger partial charge >= 0.3 is 0 Å². The van der Waals surface area contributed by atoms with Gasteiger partial charge in [-0.15, -0.1) is 0 Å². The Balaban J connectivity index is 1.73. The molecule has 1 aliphatic rings. The van der Waals surface area contributed by atoms with Gasteiger partial charge in [0.2, 0.25) is 5.91 Å². The van der Waals surface area contributed by atoms with Gasteiger partial charge in [0.05, 0.1) is 12.8 Å². The van der Waals surface area contributed by atoms with Crippen molar-refractivity contribution < 1.29 is 14.0 Å². The molecule has 1 fully saturated rings. The lowest BCUT2D eigenvalue weighted by atomic mass is 10.0. The summed E-state index contributed by atoms with van der Waals surface area (Å²) in [5.41, 5.74) is 1.44. The topological polar surface area (TPSA) is 66.7 Å². The maximum Gasteiger partial charge on any atom is 0.254 e. The molecule has 0 spiro atoms. The highest BCUT2D eigenvalue weighted by molar-refractivity contribution is 6.06. The highest BCUT2D eigenvalue weighted by atomic mass is 16.3. The van der Waals surface area contributed by atoms with Gasteiger partial charge in [-0.2, -0.15) is 0 Å². The van der Waals surface area contributed by atoms with E-state index in [1.54, 1.807) is 47.8 Å². The maximum atomic E-state index is 13.3. The van der Waals surface area contributed by atoms with Crippen LogP contribution in [0.15, 0.2) is 77.7 Å². The zero-order chi connectivity index (χ0) is 17.9. The third-order valence-electron chi connectivity index (χ3n) is 4.42. The van der Waals surface area contributed by atoms with Gasteiger partial charge in [0.1, 0.15) is 18.3 Å². The number of anilines is 1. The number of rotatable bonds is 4. The van der Waals surface area contributed by atoms with Crippen LogP contribution in [0.4, 0.5) is 5.69 Å². The van der Waals surface area contributed by atoms with Crippen molar-refractivity contribution >= 4 is 17.5 Å². The first-order valence-electron chi connectivity index (χ1n) is 8.32. The molecule has 0 radical (unpaired) electrons. The molecule has 0 aliphatic carbocycles. The summed E-state index contributed by atoms with van der Waals surface area (Å²) in [5.74, 6) is 0.360. The Kier molecular flexibility index (Phi) is 4.23. The van der Waals surface area contributed by atoms with Gasteiger partial charge in [-0.3, -0.25) is 14.6 Å². The monoisotopic (exact) mass is 347 g/mol. The van der Waals surface area contributed by atoms with Crippen LogP contribution in [0.3, 0.4) is 0 Å². The van der Waals surface area contributed by atoms with E-state index in [1.165, 1.54) is 4.90 Å². The Bertz CT molecular complexity index is 895. The average molecular weight is 347 g/mol. The molecule has 0 N–H and O–H groups in total. The summed E-state index contributed by atoms with van der Waals surface area (Å²) in [6, 6.07) is 15.6. The summed E-state index contributed by atoms with van der Waals surface area (Å²) in [6.45, 7) is 0.248. The lowest BCUT2D eigenvalue weighted by molar-refractivity contribution is -0.144. The highest BCUT2D eigenvalue weighted by Crippen LogP contribution is 2.31. The van der Waals surface area contributed by atoms with Crippen molar-refractivity contribution in [1.29, 1.82) is 0 Å². The fourth-order valence-corrected chi connectivity index (χ4v) is 3.17. The SMILES string of the molecule is O=C1[C@@H](c2ccncc2)N(Cc2ccco2)C(=O)CN1c1ccccc1. The van der Waals surface area contributed by atoms with E-state index in [-0.39, 0.29) is 24.9 Å². The van der Waals surface area contributed by atoms with E-state index in [0.29, 0.717) is 11.4 Å². The number of para-hydroxylation sites is 1. The standard InChI is InChI=1S/C20H17N3O3/c24-18-14-22(16-5-2-1-3-6-16)20(25)19(15-8-10-21-11-9-15)23(18)13-17-7-4-12-26-17/h1-12,19H,13-14H2/t19-/m1/s1. The van der Waals surface area contributed by atoms with E-state index >= 15 is 0 Å². The predicted molar refractivity (Wildman–Crippen MR) is 95.0 cm³/mol. The predicted octanol–water partition coefficient (Wildman–Crippen LogP) is 2.79. The average Bonchev–Trinajstić information content (AvgIpc) is 3.19. The minimum atomic E-state index is -0.718. The molecule has 1 atom stereocenters. The minimum absolute atomic E-state index is 0.00510. The zero-order valence-electron chi connectivity index (χ0n) is 14.0. The Labute approximate surface area is 150 Å². The van der Waals surface area contributed by atoms with Crippen LogP contribution < -0.4 is 4.90 Å². The first-order chi connectivity index (χ1) is 12.7. The summed E-state index contributed by atoms with van der Waals surface area (Å²) < 4.78 is 5.38. The summed E-state index contributed by atoms with van der Waals surface area (Å²) in [7, 11) is 0. The number of benzene rings is 1. The number of piperazine rings is 1. The van der Waals surface area contributed by atoms with E-state index in [4.69, 9.17) is 4.42 Å². The summed E-state index contributed by atoms with van der Waals surface area (Å²) >= 11 is 0. The zero-order valence-corrected chi connectivity index (χ0v) is 14.0. The van der Waals surface area contributed by atoms with Crippen molar-refractivity contribution in [2.24, 2.45) is 0 Å². The van der Waals surface area contributed by atoms with Gasteiger partial charge in [-0.25, -0.2) is 0 Å². The summed E-state index contributed by atoms with van der Waals surface area (Å²) in [6.07, 6.45) is 4.81. The quantitative estimate of drug-likeness (QED) is 0.728. The lowest BCUT2D eigenvalue weighted by Crippen LogP contribution is -2.55. The molecule has 1 aliphatic heterocycles. The Hall–Kier alpha value is -3.41. The second kappa shape index (κ2) is 6.84. The fraction of sp³-hybridized carbons (Fsp3) is 0.150. The van der Waals surface area contributed by atoms with Crippen LogP contribution in [0.25, 0.3) is 0 Å². The molecule has 130 valence electrons. The van der Waals surface area contributed by atoms with Gasteiger partial charge in [0, 0.05) is 18.1 Å². The Morgan fingerprint density at radius 2 is 1.77 bits per heavy atom. The Morgan fingerprint density at radius 1 is 1.00 bits per heavy atom. The molecule has 3 heterocycles. The largest absolute Gasteiger partial charge is 0.467 e. The van der Waals surface area contributed by atoms with E-state index < -0.39 is 6.04 Å². The number of hydrogen-bond acceptors (Lipinski definition) is 4. The maximum absolute atomic E-state index is 13.3. The lowest BCUT2D eigenvalue weighted by Gasteiger charge is -2.40. The van der Waals surface area contributed by atoms with E-state index in [2.05, 4.69) is 4.98 Å². The fourth-order valence-electron chi connectivity index (χ4n) is 3.17. The third-order valence-corrected chi connectivity index (χ3v) is 4.42. The molecule has 0 saturated carbocycles. The van der Waals surface area contributed by atoms with Gasteiger partial charge in [0.15, 0.2) is 0 Å². The Morgan fingerprint density at radius 3 is 2.46 bits per heavy atom. The minimum Gasteiger partial charge on any atom is -0.467 e. The van der Waals surface area contributed by atoms with Crippen molar-refractivity contribution in [3.8, 4) is 0 Å². The van der Waals surface area contributed by atoms with Crippen molar-refractivity contribution in [3.05, 3.63) is 84.6 Å². The number of carbonyl (C=O) groups excluding carboxylic acids is 2. The van der Waals surface area contributed by atoms with E-state index in [0.717, 1.165) is 5.56 Å². The molecule has 6 nitrogen and oxygen atoms in total. The second-order valence-electron chi connectivity index (χ2n) is 6.04. The second-order valence-corrected chi connectivity index (χ2v) is 6.04. The van der Waals surface area contributed by atoms with Gasteiger partial charge in [-0.05, 0) is 42.0 Å². The van der Waals surface area contributed by atoms with Gasteiger partial charge in [0.25, 0.3) is 5.91 Å². The molecule has 4 rings (SSSR count). The van der Waals surface area contributed by atoms with Crippen LogP contribution in [0, 0.1) is 0 Å². The number of amides is 2. The van der Waals surface area contributed by atoms with E-state index in [9.17, 15) is 9.59 Å². The third kappa shape index (κ3) is 2.97. The molecule has 26 heavy (non-hydrogen) atoms. The van der Waals surface area contributed by atoms with Crippen LogP contribution in [0.5, 0.6) is 0 Å². The first-order valence-corrected chi connectivity index (χ1v) is 8.32. The first kappa shape index (κ1) is 16.1. The van der Waals surface area contributed by atoms with Crippen LogP contribution in [0.2, 0.25) is 0 Å². The molecule has 2 aromatic heterocycles. The van der Waals surface area contributed by atoms with Crippen LogP contribution >= 0.6 is 0 Å². The smallest absolute Gasteiger partial charge is 0.254 e. The molecule has 1 saturated heterocycles. The summed E-state index contributed by atoms with van der Waals surface area (Å²) in [4.78, 5) is 33.3. The van der Waals surface area contributed by atoms with Crippen molar-refractivity contribution in [3.63, 3.8) is 0 Å². The molecule has 0 bridgehead atoms. The van der Waals surface area contributed by atoms with Crippen molar-refractivity contribution in [2.45, 2.75) is 12.6 Å². The number of furan rings is 1. The molecular formula is C20H17N3O3. The molecule has 2 amide bonds. The van der Waals surface area contributed by atoms with Crippen LogP contribution in [-0.2, 0) is 16.1 Å². The van der Waals surface area contributed by atoms with Crippen molar-refractivity contribution in [2.75, 3.05) is 11.4 Å². The molecule has 0 unspecified atom stereocenters. The molecular weight excluding hydrogens is 330 g/mol. The highest BCUT2D eigenvalue weighted by Gasteiger charge is 2.41. The number of nitrogens with zero attached hydrogens (tertiary/aromatic N) is 3. The number of hydrogen-bond donors (Lipinski definition) is 0. The molecule has 1 aromatic carbocycles. The van der Waals surface area contributed by atoms with Crippen molar-refractivity contribution in [1.82, 2.24) is 9.88 Å². The van der Waals surface area contributed by atoms with Gasteiger partial charge in [-0.1, -0.05) is 18.2 Å². The van der Waals surface area contributed by atoms with Gasteiger partial charge < -0.3 is 14.2 Å². The van der Waals surface area contributed by atoms with Crippen LogP contribution in [0.1, 0.15) is 17.4 Å². The summed E-state index contributed by atoms with van der Waals surface area (Å²) in [5, 5.41) is 0. The van der Waals surface area contributed by atoms with Crippen LogP contribution in [-0.4, -0.2) is 28.2 Å². The normalized spacial score (nSPS) is 17.6. The van der Waals surface area contributed by atoms with E-state index in [1.807, 2.05) is 30.3 Å². The molecule has 3 aromatic rings. The molecule has 6 heteroatoms. The number of pyridine rings is 1. The number of aromatic nitrogens is 1. The number of carbonyl (C=O) groups is 2.